The number of nitrogens with zero attached hydrogens (tertiary/aromatic N) is 2. The Morgan fingerprint density at radius 2 is 1.16 bits per heavy atom. The highest BCUT2D eigenvalue weighted by atomic mass is 15.0. The molecule has 6 aromatic carbocycles. The van der Waals surface area contributed by atoms with Gasteiger partial charge in [-0.25, -0.2) is 0 Å². The number of hydrogen-bond acceptors (Lipinski definition) is 0. The Morgan fingerprint density at radius 3 is 1.98 bits per heavy atom. The minimum absolute atomic E-state index is 0.378. The Balaban J connectivity index is 1.26. The second-order valence-corrected chi connectivity index (χ2v) is 13.6. The average Bonchev–Trinajstić information content (AvgIpc) is 3.63. The lowest BCUT2D eigenvalue weighted by atomic mass is 9.95. The molecule has 1 aliphatic carbocycles. The van der Waals surface area contributed by atoms with E-state index in [1.54, 1.807) is 0 Å². The van der Waals surface area contributed by atoms with Crippen molar-refractivity contribution in [3.63, 3.8) is 0 Å². The smallest absolute Gasteiger partial charge is 0.0541 e. The Hall–Kier alpha value is -5.86. The van der Waals surface area contributed by atoms with Crippen LogP contribution in [0, 0.1) is 13.8 Å². The summed E-state index contributed by atoms with van der Waals surface area (Å²) in [5, 5.41) is 3.81. The van der Waals surface area contributed by atoms with Crippen molar-refractivity contribution in [3.05, 3.63) is 174 Å². The number of benzene rings is 6. The molecule has 0 saturated carbocycles. The molecule has 1 unspecified atom stereocenters. The lowest BCUT2D eigenvalue weighted by Crippen LogP contribution is -2.05. The van der Waals surface area contributed by atoms with Crippen molar-refractivity contribution in [3.8, 4) is 33.6 Å². The maximum Gasteiger partial charge on any atom is 0.0541 e. The zero-order chi connectivity index (χ0) is 33.1. The summed E-state index contributed by atoms with van der Waals surface area (Å²) in [6, 6.07) is 49.5. The molecule has 1 aliphatic rings. The Labute approximate surface area is 287 Å². The van der Waals surface area contributed by atoms with Crippen molar-refractivity contribution in [2.75, 3.05) is 0 Å². The van der Waals surface area contributed by atoms with Gasteiger partial charge in [0.15, 0.2) is 0 Å². The predicted molar refractivity (Wildman–Crippen MR) is 209 cm³/mol. The van der Waals surface area contributed by atoms with Crippen LogP contribution in [0.1, 0.15) is 41.6 Å². The monoisotopic (exact) mass is 630 g/mol. The highest BCUT2D eigenvalue weighted by Crippen LogP contribution is 2.42. The third-order valence-electron chi connectivity index (χ3n) is 10.3. The second-order valence-electron chi connectivity index (χ2n) is 13.6. The number of fused-ring (bicyclic) bond motifs is 6. The minimum atomic E-state index is 0.378. The molecule has 0 radical (unpaired) electrons. The summed E-state index contributed by atoms with van der Waals surface area (Å²) in [5.74, 6) is 0.378. The lowest BCUT2D eigenvalue weighted by Gasteiger charge is -2.18. The first-order chi connectivity index (χ1) is 24.0. The van der Waals surface area contributed by atoms with E-state index < -0.39 is 0 Å². The quantitative estimate of drug-likeness (QED) is 0.183. The van der Waals surface area contributed by atoms with Crippen molar-refractivity contribution in [1.82, 2.24) is 9.13 Å². The third-order valence-corrected chi connectivity index (χ3v) is 10.3. The maximum atomic E-state index is 2.49. The fourth-order valence-electron chi connectivity index (χ4n) is 7.83. The van der Waals surface area contributed by atoms with E-state index in [2.05, 4.69) is 188 Å². The summed E-state index contributed by atoms with van der Waals surface area (Å²) in [6.07, 6.45) is 10.0. The maximum absolute atomic E-state index is 2.49. The summed E-state index contributed by atoms with van der Waals surface area (Å²) in [7, 11) is 0. The van der Waals surface area contributed by atoms with Crippen molar-refractivity contribution < 1.29 is 0 Å². The van der Waals surface area contributed by atoms with Crippen molar-refractivity contribution in [2.24, 2.45) is 0 Å². The van der Waals surface area contributed by atoms with E-state index in [1.807, 2.05) is 0 Å². The van der Waals surface area contributed by atoms with Crippen molar-refractivity contribution in [1.29, 1.82) is 0 Å². The van der Waals surface area contributed by atoms with Gasteiger partial charge in [-0.2, -0.15) is 0 Å². The van der Waals surface area contributed by atoms with Crippen LogP contribution in [-0.2, 0) is 0 Å². The Bertz CT molecular complexity index is 2590. The molecule has 8 aromatic rings. The van der Waals surface area contributed by atoms with Crippen LogP contribution in [0.15, 0.2) is 152 Å². The number of aryl methyl sites for hydroxylation is 2. The van der Waals surface area contributed by atoms with Gasteiger partial charge in [0.05, 0.1) is 22.2 Å². The second kappa shape index (κ2) is 11.7. The highest BCUT2D eigenvalue weighted by molar-refractivity contribution is 6.11. The molecule has 0 N–H and O–H groups in total. The molecule has 2 aromatic heterocycles. The van der Waals surface area contributed by atoms with Gasteiger partial charge in [0.1, 0.15) is 0 Å². The van der Waals surface area contributed by atoms with Crippen LogP contribution in [-0.4, -0.2) is 9.13 Å². The fourth-order valence-corrected chi connectivity index (χ4v) is 7.83. The van der Waals surface area contributed by atoms with Gasteiger partial charge in [-0.3, -0.25) is 0 Å². The zero-order valence-electron chi connectivity index (χ0n) is 28.2. The molecule has 2 heterocycles. The molecule has 9 rings (SSSR count). The topological polar surface area (TPSA) is 9.86 Å². The van der Waals surface area contributed by atoms with Gasteiger partial charge in [-0.05, 0) is 85.5 Å². The van der Waals surface area contributed by atoms with Gasteiger partial charge in [0, 0.05) is 44.6 Å². The third kappa shape index (κ3) is 4.86. The summed E-state index contributed by atoms with van der Waals surface area (Å²) in [4.78, 5) is 0. The van der Waals surface area contributed by atoms with Gasteiger partial charge < -0.3 is 9.13 Å². The van der Waals surface area contributed by atoms with Crippen LogP contribution in [0.25, 0.3) is 72.4 Å². The SMILES string of the molecule is Cc1ccc(-c2ccc3c(c2)c2ccccc2n3-c2ccccc2-c2ccc3c(c2)c2c(n3-c3ccc(C)cc3)C(C)C/C=C/C=C\2)cc1. The van der Waals surface area contributed by atoms with E-state index >= 15 is 0 Å². The first-order valence-corrected chi connectivity index (χ1v) is 17.3. The number of hydrogen-bond donors (Lipinski definition) is 0. The first kappa shape index (κ1) is 29.3. The molecule has 0 amide bonds. The predicted octanol–water partition coefficient (Wildman–Crippen LogP) is 12.8. The molecule has 2 heteroatoms. The number of allylic oxidation sites excluding steroid dienone is 3. The van der Waals surface area contributed by atoms with Crippen LogP contribution >= 0.6 is 0 Å². The highest BCUT2D eigenvalue weighted by Gasteiger charge is 2.23. The molecule has 236 valence electrons. The van der Waals surface area contributed by atoms with Gasteiger partial charge in [-0.1, -0.05) is 127 Å². The van der Waals surface area contributed by atoms with Gasteiger partial charge >= 0.3 is 0 Å². The zero-order valence-corrected chi connectivity index (χ0v) is 28.2. The van der Waals surface area contributed by atoms with Crippen LogP contribution in [0.3, 0.4) is 0 Å². The average molecular weight is 631 g/mol. The lowest BCUT2D eigenvalue weighted by molar-refractivity contribution is 0.729. The van der Waals surface area contributed by atoms with Crippen molar-refractivity contribution >= 4 is 38.8 Å². The number of aromatic nitrogens is 2. The van der Waals surface area contributed by atoms with E-state index in [4.69, 9.17) is 0 Å². The van der Waals surface area contributed by atoms with E-state index in [9.17, 15) is 0 Å². The molecule has 1 atom stereocenters. The molecule has 0 spiro atoms. The normalized spacial score (nSPS) is 15.7. The molecular weight excluding hydrogens is 593 g/mol. The fraction of sp³-hybridized carbons (Fsp3) is 0.106. The van der Waals surface area contributed by atoms with Crippen LogP contribution < -0.4 is 0 Å². The number of para-hydroxylation sites is 2. The molecule has 0 aliphatic heterocycles. The van der Waals surface area contributed by atoms with Crippen molar-refractivity contribution in [2.45, 2.75) is 33.1 Å². The molecule has 0 saturated heterocycles. The molecule has 0 bridgehead atoms. The standard InChI is InChI=1S/C47H38N2/c1-31-17-21-34(22-18-31)35-23-27-46-41(29-35)39-13-8-10-16-44(39)49(46)43-15-9-7-12-38(43)36-24-28-45-42(30-36)40-14-6-4-5-11-33(3)47(40)48(45)37-25-19-32(2)20-26-37/h4-10,12-30,33H,11H2,1-3H3/b5-4+,14-6-. The van der Waals surface area contributed by atoms with Crippen LogP contribution in [0.5, 0.6) is 0 Å². The first-order valence-electron chi connectivity index (χ1n) is 17.3. The summed E-state index contributed by atoms with van der Waals surface area (Å²) >= 11 is 0. The van der Waals surface area contributed by atoms with Crippen LogP contribution in [0.4, 0.5) is 0 Å². The van der Waals surface area contributed by atoms with E-state index in [0.29, 0.717) is 5.92 Å². The largest absolute Gasteiger partial charge is 0.313 e. The summed E-state index contributed by atoms with van der Waals surface area (Å²) in [6.45, 7) is 6.65. The van der Waals surface area contributed by atoms with E-state index in [1.165, 1.54) is 88.7 Å². The molecule has 2 nitrogen and oxygen atoms in total. The molecule has 0 fully saturated rings. The van der Waals surface area contributed by atoms with Crippen LogP contribution in [0.2, 0.25) is 0 Å². The van der Waals surface area contributed by atoms with E-state index in [-0.39, 0.29) is 0 Å². The molecule has 49 heavy (non-hydrogen) atoms. The van der Waals surface area contributed by atoms with Gasteiger partial charge in [0.2, 0.25) is 0 Å². The Morgan fingerprint density at radius 1 is 0.531 bits per heavy atom. The summed E-state index contributed by atoms with van der Waals surface area (Å²) < 4.78 is 4.95. The van der Waals surface area contributed by atoms with Gasteiger partial charge in [-0.15, -0.1) is 0 Å². The van der Waals surface area contributed by atoms with Gasteiger partial charge in [0.25, 0.3) is 0 Å². The Kier molecular flexibility index (Phi) is 6.98. The molecular formula is C47H38N2. The minimum Gasteiger partial charge on any atom is -0.313 e. The summed E-state index contributed by atoms with van der Waals surface area (Å²) in [5.41, 5.74) is 16.2. The number of rotatable bonds is 4. The van der Waals surface area contributed by atoms with E-state index in [0.717, 1.165) is 6.42 Å².